The predicted molar refractivity (Wildman–Crippen MR) is 66.0 cm³/mol. The summed E-state index contributed by atoms with van der Waals surface area (Å²) in [5.41, 5.74) is 5.78. The van der Waals surface area contributed by atoms with Crippen LogP contribution in [0.1, 0.15) is 33.1 Å². The van der Waals surface area contributed by atoms with Gasteiger partial charge in [-0.2, -0.15) is 0 Å². The summed E-state index contributed by atoms with van der Waals surface area (Å²) in [5.74, 6) is 0.919. The van der Waals surface area contributed by atoms with E-state index >= 15 is 0 Å². The van der Waals surface area contributed by atoms with Gasteiger partial charge in [0.05, 0.1) is 0 Å². The molecule has 1 rings (SSSR count). The van der Waals surface area contributed by atoms with E-state index in [-0.39, 0.29) is 5.54 Å². The molecule has 0 amide bonds. The van der Waals surface area contributed by atoms with E-state index < -0.39 is 0 Å². The van der Waals surface area contributed by atoms with Crippen molar-refractivity contribution in [1.82, 2.24) is 10.2 Å². The first-order valence-corrected chi connectivity index (χ1v) is 6.17. The predicted octanol–water partition coefficient (Wildman–Crippen LogP) is 1.05. The van der Waals surface area contributed by atoms with Crippen LogP contribution in [0.5, 0.6) is 0 Å². The van der Waals surface area contributed by atoms with Gasteiger partial charge < -0.3 is 16.0 Å². The van der Waals surface area contributed by atoms with Gasteiger partial charge in [-0.25, -0.2) is 0 Å². The molecule has 1 heterocycles. The Labute approximate surface area is 94.4 Å². The lowest BCUT2D eigenvalue weighted by atomic mass is 9.93. The Kier molecular flexibility index (Phi) is 5.03. The van der Waals surface area contributed by atoms with Crippen molar-refractivity contribution in [3.63, 3.8) is 0 Å². The van der Waals surface area contributed by atoms with Gasteiger partial charge in [-0.05, 0) is 65.7 Å². The van der Waals surface area contributed by atoms with E-state index in [1.165, 1.54) is 32.4 Å². The minimum Gasteiger partial charge on any atom is -0.329 e. The number of nitrogens with zero attached hydrogens (tertiary/aromatic N) is 1. The van der Waals surface area contributed by atoms with E-state index in [1.54, 1.807) is 0 Å². The van der Waals surface area contributed by atoms with Crippen LogP contribution in [-0.4, -0.2) is 43.7 Å². The van der Waals surface area contributed by atoms with Gasteiger partial charge in [0.25, 0.3) is 0 Å². The molecule has 0 unspecified atom stereocenters. The minimum absolute atomic E-state index is 0.103. The van der Waals surface area contributed by atoms with Crippen molar-refractivity contribution in [2.24, 2.45) is 11.7 Å². The maximum Gasteiger partial charge on any atom is 0.0247 e. The van der Waals surface area contributed by atoms with Crippen molar-refractivity contribution in [3.05, 3.63) is 0 Å². The minimum atomic E-state index is 0.103. The summed E-state index contributed by atoms with van der Waals surface area (Å²) in [7, 11) is 2.21. The molecular weight excluding hydrogens is 186 g/mol. The molecule has 0 aromatic carbocycles. The van der Waals surface area contributed by atoms with Crippen LogP contribution < -0.4 is 11.1 Å². The molecule has 90 valence electrons. The van der Waals surface area contributed by atoms with Crippen molar-refractivity contribution in [3.8, 4) is 0 Å². The van der Waals surface area contributed by atoms with Crippen molar-refractivity contribution in [2.45, 2.75) is 38.6 Å². The summed E-state index contributed by atoms with van der Waals surface area (Å²) >= 11 is 0. The van der Waals surface area contributed by atoms with Crippen LogP contribution in [0.4, 0.5) is 0 Å². The Morgan fingerprint density at radius 3 is 2.47 bits per heavy atom. The van der Waals surface area contributed by atoms with Crippen molar-refractivity contribution < 1.29 is 0 Å². The van der Waals surface area contributed by atoms with Crippen LogP contribution in [0.3, 0.4) is 0 Å². The van der Waals surface area contributed by atoms with Gasteiger partial charge >= 0.3 is 0 Å². The molecule has 0 atom stereocenters. The van der Waals surface area contributed by atoms with Gasteiger partial charge in [0.15, 0.2) is 0 Å². The largest absolute Gasteiger partial charge is 0.329 e. The lowest BCUT2D eigenvalue weighted by molar-refractivity contribution is 0.208. The average molecular weight is 213 g/mol. The number of hydrogen-bond donors (Lipinski definition) is 2. The number of nitrogens with two attached hydrogens (primary N) is 1. The zero-order valence-corrected chi connectivity index (χ0v) is 10.6. The molecule has 0 bridgehead atoms. The Morgan fingerprint density at radius 2 is 1.93 bits per heavy atom. The van der Waals surface area contributed by atoms with Gasteiger partial charge in [0, 0.05) is 12.1 Å². The molecule has 0 aromatic rings. The summed E-state index contributed by atoms with van der Waals surface area (Å²) in [4.78, 5) is 2.42. The molecule has 1 fully saturated rings. The number of rotatable bonds is 5. The Balaban J connectivity index is 2.10. The van der Waals surface area contributed by atoms with E-state index in [2.05, 4.69) is 31.1 Å². The molecule has 0 aliphatic carbocycles. The maximum absolute atomic E-state index is 5.67. The molecule has 0 spiro atoms. The second-order valence-corrected chi connectivity index (χ2v) is 5.55. The van der Waals surface area contributed by atoms with E-state index in [4.69, 9.17) is 5.73 Å². The first-order chi connectivity index (χ1) is 7.03. The van der Waals surface area contributed by atoms with E-state index in [0.717, 1.165) is 12.5 Å². The van der Waals surface area contributed by atoms with Crippen LogP contribution in [0, 0.1) is 5.92 Å². The van der Waals surface area contributed by atoms with E-state index in [9.17, 15) is 0 Å². The summed E-state index contributed by atoms with van der Waals surface area (Å²) in [6.45, 7) is 8.69. The van der Waals surface area contributed by atoms with Crippen LogP contribution in [0.15, 0.2) is 0 Å². The third-order valence-electron chi connectivity index (χ3n) is 3.50. The SMILES string of the molecule is CN1CCC(CCNC(C)(C)CN)CC1. The summed E-state index contributed by atoms with van der Waals surface area (Å²) < 4.78 is 0. The molecule has 1 aliphatic rings. The van der Waals surface area contributed by atoms with Crippen LogP contribution in [-0.2, 0) is 0 Å². The van der Waals surface area contributed by atoms with Gasteiger partial charge in [-0.1, -0.05) is 0 Å². The molecule has 3 nitrogen and oxygen atoms in total. The quantitative estimate of drug-likeness (QED) is 0.717. The molecule has 0 radical (unpaired) electrons. The average Bonchev–Trinajstić information content (AvgIpc) is 2.21. The van der Waals surface area contributed by atoms with Crippen molar-refractivity contribution in [1.29, 1.82) is 0 Å². The zero-order chi connectivity index (χ0) is 11.3. The molecule has 0 aromatic heterocycles. The van der Waals surface area contributed by atoms with Gasteiger partial charge in [0.1, 0.15) is 0 Å². The monoisotopic (exact) mass is 213 g/mol. The third-order valence-corrected chi connectivity index (χ3v) is 3.50. The fourth-order valence-electron chi connectivity index (χ4n) is 2.04. The standard InChI is InChI=1S/C12H27N3/c1-12(2,10-13)14-7-4-11-5-8-15(3)9-6-11/h11,14H,4-10,13H2,1-3H3. The maximum atomic E-state index is 5.67. The first kappa shape index (κ1) is 12.9. The van der Waals surface area contributed by atoms with Gasteiger partial charge in [0.2, 0.25) is 0 Å². The normalized spacial score (nSPS) is 20.8. The van der Waals surface area contributed by atoms with Crippen LogP contribution in [0.2, 0.25) is 0 Å². The fourth-order valence-corrected chi connectivity index (χ4v) is 2.04. The molecule has 1 saturated heterocycles. The Morgan fingerprint density at radius 1 is 1.33 bits per heavy atom. The highest BCUT2D eigenvalue weighted by Crippen LogP contribution is 2.19. The molecule has 0 saturated carbocycles. The van der Waals surface area contributed by atoms with Gasteiger partial charge in [-0.15, -0.1) is 0 Å². The fraction of sp³-hybridized carbons (Fsp3) is 1.00. The highest BCUT2D eigenvalue weighted by atomic mass is 15.1. The van der Waals surface area contributed by atoms with Crippen LogP contribution in [0.25, 0.3) is 0 Å². The van der Waals surface area contributed by atoms with Crippen molar-refractivity contribution >= 4 is 0 Å². The number of likely N-dealkylation sites (tertiary alicyclic amines) is 1. The molecular formula is C12H27N3. The van der Waals surface area contributed by atoms with E-state index in [0.29, 0.717) is 6.54 Å². The summed E-state index contributed by atoms with van der Waals surface area (Å²) in [5, 5.41) is 3.53. The van der Waals surface area contributed by atoms with Crippen LogP contribution >= 0.6 is 0 Å². The molecule has 3 heteroatoms. The lowest BCUT2D eigenvalue weighted by Crippen LogP contribution is -2.46. The smallest absolute Gasteiger partial charge is 0.0247 e. The highest BCUT2D eigenvalue weighted by molar-refractivity contribution is 4.79. The second kappa shape index (κ2) is 5.83. The number of piperidine rings is 1. The molecule has 1 aliphatic heterocycles. The van der Waals surface area contributed by atoms with Gasteiger partial charge in [-0.3, -0.25) is 0 Å². The van der Waals surface area contributed by atoms with Crippen molar-refractivity contribution in [2.75, 3.05) is 33.2 Å². The topological polar surface area (TPSA) is 41.3 Å². The summed E-state index contributed by atoms with van der Waals surface area (Å²) in [6.07, 6.45) is 4.03. The zero-order valence-electron chi connectivity index (χ0n) is 10.6. The first-order valence-electron chi connectivity index (χ1n) is 6.17. The molecule has 3 N–H and O–H groups in total. The second-order valence-electron chi connectivity index (χ2n) is 5.55. The Bertz CT molecular complexity index is 172. The van der Waals surface area contributed by atoms with E-state index in [1.807, 2.05) is 0 Å². The highest BCUT2D eigenvalue weighted by Gasteiger charge is 2.18. The Hall–Kier alpha value is -0.120. The summed E-state index contributed by atoms with van der Waals surface area (Å²) in [6, 6.07) is 0. The lowest BCUT2D eigenvalue weighted by Gasteiger charge is -2.30. The molecule has 15 heavy (non-hydrogen) atoms. The third kappa shape index (κ3) is 4.96. The number of hydrogen-bond acceptors (Lipinski definition) is 3. The number of nitrogens with one attached hydrogen (secondary N) is 1.